The van der Waals surface area contributed by atoms with E-state index in [1.165, 1.54) is 89.9 Å². The SMILES string of the molecule is CCCCC/C=C\C/C=C\CCCCCCCCOC(=O)CC(CC(=O)OCCCCCCCC/C=C\C/C=C\CCCCC)NC(=O)CCCCN1CC(C)C(C)C(C)C1. The average molecular weight is 853 g/mol. The predicted octanol–water partition coefficient (Wildman–Crippen LogP) is 14.4. The Morgan fingerprint density at radius 3 is 1.34 bits per heavy atom. The number of hydrogen-bond acceptors (Lipinski definition) is 6. The van der Waals surface area contributed by atoms with Gasteiger partial charge in [0.25, 0.3) is 0 Å². The molecule has 0 aromatic carbocycles. The molecular formula is C54H96N2O5. The molecule has 0 saturated carbocycles. The molecule has 0 aromatic heterocycles. The summed E-state index contributed by atoms with van der Waals surface area (Å²) in [7, 11) is 0. The summed E-state index contributed by atoms with van der Waals surface area (Å²) in [5.41, 5.74) is 0. The lowest BCUT2D eigenvalue weighted by Crippen LogP contribution is -2.43. The van der Waals surface area contributed by atoms with E-state index in [9.17, 15) is 14.4 Å². The molecule has 0 bridgehead atoms. The van der Waals surface area contributed by atoms with Crippen molar-refractivity contribution in [1.82, 2.24) is 10.2 Å². The van der Waals surface area contributed by atoms with Gasteiger partial charge in [0.1, 0.15) is 0 Å². The van der Waals surface area contributed by atoms with Gasteiger partial charge < -0.3 is 19.7 Å². The minimum atomic E-state index is -0.621. The van der Waals surface area contributed by atoms with Gasteiger partial charge in [-0.1, -0.05) is 160 Å². The van der Waals surface area contributed by atoms with Crippen molar-refractivity contribution in [1.29, 1.82) is 0 Å². The monoisotopic (exact) mass is 853 g/mol. The smallest absolute Gasteiger partial charge is 0.307 e. The van der Waals surface area contributed by atoms with E-state index in [0.29, 0.717) is 31.5 Å². The average Bonchev–Trinajstić information content (AvgIpc) is 3.23. The van der Waals surface area contributed by atoms with Crippen LogP contribution in [-0.4, -0.2) is 61.6 Å². The number of carbonyl (C=O) groups is 3. The van der Waals surface area contributed by atoms with Crippen molar-refractivity contribution in [3.63, 3.8) is 0 Å². The van der Waals surface area contributed by atoms with E-state index < -0.39 is 6.04 Å². The van der Waals surface area contributed by atoms with E-state index in [2.05, 4.69) is 93.4 Å². The first kappa shape index (κ1) is 56.3. The van der Waals surface area contributed by atoms with E-state index in [0.717, 1.165) is 103 Å². The molecule has 1 aliphatic rings. The largest absolute Gasteiger partial charge is 0.466 e. The van der Waals surface area contributed by atoms with Crippen LogP contribution >= 0.6 is 0 Å². The first-order chi connectivity index (χ1) is 29.8. The Kier molecular flexibility index (Phi) is 38.2. The zero-order chi connectivity index (χ0) is 44.4. The van der Waals surface area contributed by atoms with E-state index >= 15 is 0 Å². The third-order valence-corrected chi connectivity index (χ3v) is 12.4. The number of allylic oxidation sites excluding steroid dienone is 8. The zero-order valence-corrected chi connectivity index (χ0v) is 40.5. The quantitative estimate of drug-likeness (QED) is 0.0375. The molecule has 1 heterocycles. The fraction of sp³-hybridized carbons (Fsp3) is 0.796. The third kappa shape index (κ3) is 35.5. The van der Waals surface area contributed by atoms with Crippen molar-refractivity contribution in [3.8, 4) is 0 Å². The maximum absolute atomic E-state index is 13.0. The molecule has 2 atom stereocenters. The van der Waals surface area contributed by atoms with Crippen LogP contribution in [0, 0.1) is 17.8 Å². The molecular weight excluding hydrogens is 757 g/mol. The van der Waals surface area contributed by atoms with Crippen molar-refractivity contribution in [2.45, 2.75) is 227 Å². The number of unbranched alkanes of at least 4 members (excludes halogenated alkanes) is 19. The minimum Gasteiger partial charge on any atom is -0.466 e. The molecule has 0 spiro atoms. The van der Waals surface area contributed by atoms with Crippen LogP contribution in [0.2, 0.25) is 0 Å². The van der Waals surface area contributed by atoms with Gasteiger partial charge in [0.05, 0.1) is 26.1 Å². The fourth-order valence-electron chi connectivity index (χ4n) is 8.13. The standard InChI is InChI=1S/C54H96N2O5/c1-6-8-10-12-14-16-18-20-22-24-26-28-30-32-34-38-42-60-53(58)44-51(55-52(57)40-36-37-41-56-46-48(3)50(5)49(4)47-56)45-54(59)61-43-39-35-33-31-29-27-25-23-21-19-17-15-13-11-9-7-2/h14-17,20-23,48-51H,6-13,18-19,24-47H2,1-5H3,(H,55,57)/b16-14-,17-15-,22-20-,23-21-. The second-order valence-electron chi connectivity index (χ2n) is 18.3. The molecule has 1 rings (SSSR count). The van der Waals surface area contributed by atoms with Gasteiger partial charge in [-0.25, -0.2) is 0 Å². The molecule has 0 aliphatic carbocycles. The number of rotatable bonds is 40. The van der Waals surface area contributed by atoms with Gasteiger partial charge in [0.15, 0.2) is 0 Å². The molecule has 61 heavy (non-hydrogen) atoms. The highest BCUT2D eigenvalue weighted by Crippen LogP contribution is 2.27. The van der Waals surface area contributed by atoms with Crippen LogP contribution in [0.25, 0.3) is 0 Å². The van der Waals surface area contributed by atoms with Crippen molar-refractivity contribution in [3.05, 3.63) is 48.6 Å². The lowest BCUT2D eigenvalue weighted by Gasteiger charge is -2.39. The van der Waals surface area contributed by atoms with Crippen LogP contribution in [0.1, 0.15) is 221 Å². The Morgan fingerprint density at radius 2 is 0.918 bits per heavy atom. The van der Waals surface area contributed by atoms with Gasteiger partial charge in [-0.05, 0) is 114 Å². The number of nitrogens with one attached hydrogen (secondary N) is 1. The molecule has 1 N–H and O–H groups in total. The number of amides is 1. The molecule has 0 radical (unpaired) electrons. The maximum atomic E-state index is 13.0. The lowest BCUT2D eigenvalue weighted by atomic mass is 9.81. The summed E-state index contributed by atoms with van der Waals surface area (Å²) < 4.78 is 11.1. The molecule has 0 aromatic rings. The zero-order valence-electron chi connectivity index (χ0n) is 40.5. The summed E-state index contributed by atoms with van der Waals surface area (Å²) in [6.07, 6.45) is 48.3. The van der Waals surface area contributed by atoms with E-state index in [4.69, 9.17) is 9.47 Å². The van der Waals surface area contributed by atoms with E-state index in [1.54, 1.807) is 0 Å². The van der Waals surface area contributed by atoms with Crippen molar-refractivity contribution in [2.24, 2.45) is 17.8 Å². The Balaban J connectivity index is 2.33. The van der Waals surface area contributed by atoms with Crippen LogP contribution in [-0.2, 0) is 23.9 Å². The van der Waals surface area contributed by atoms with Gasteiger partial charge in [-0.3, -0.25) is 14.4 Å². The highest BCUT2D eigenvalue weighted by atomic mass is 16.5. The molecule has 1 amide bonds. The van der Waals surface area contributed by atoms with Gasteiger partial charge >= 0.3 is 11.9 Å². The number of ether oxygens (including phenoxy) is 2. The first-order valence-corrected chi connectivity index (χ1v) is 25.7. The van der Waals surface area contributed by atoms with Gasteiger partial charge in [-0.15, -0.1) is 0 Å². The van der Waals surface area contributed by atoms with E-state index in [-0.39, 0.29) is 30.7 Å². The Morgan fingerprint density at radius 1 is 0.525 bits per heavy atom. The number of nitrogens with zero attached hydrogens (tertiary/aromatic N) is 1. The number of hydrogen-bond donors (Lipinski definition) is 1. The summed E-state index contributed by atoms with van der Waals surface area (Å²) in [4.78, 5) is 41.3. The molecule has 7 nitrogen and oxygen atoms in total. The van der Waals surface area contributed by atoms with Gasteiger partial charge in [0.2, 0.25) is 5.91 Å². The third-order valence-electron chi connectivity index (χ3n) is 12.4. The minimum absolute atomic E-state index is 0.0182. The molecule has 1 saturated heterocycles. The van der Waals surface area contributed by atoms with Crippen LogP contribution in [0.3, 0.4) is 0 Å². The van der Waals surface area contributed by atoms with Crippen LogP contribution < -0.4 is 5.32 Å². The maximum Gasteiger partial charge on any atom is 0.307 e. The summed E-state index contributed by atoms with van der Waals surface area (Å²) in [6.45, 7) is 15.5. The molecule has 2 unspecified atom stereocenters. The summed E-state index contributed by atoms with van der Waals surface area (Å²) in [5.74, 6) is 1.27. The topological polar surface area (TPSA) is 84.9 Å². The van der Waals surface area contributed by atoms with Crippen molar-refractivity contribution < 1.29 is 23.9 Å². The van der Waals surface area contributed by atoms with Crippen LogP contribution in [0.5, 0.6) is 0 Å². The van der Waals surface area contributed by atoms with E-state index in [1.807, 2.05) is 0 Å². The first-order valence-electron chi connectivity index (χ1n) is 25.7. The normalized spacial score (nSPS) is 17.4. The molecule has 1 aliphatic heterocycles. The summed E-state index contributed by atoms with van der Waals surface area (Å²) >= 11 is 0. The Hall–Kier alpha value is -2.67. The highest BCUT2D eigenvalue weighted by Gasteiger charge is 2.28. The number of piperidine rings is 1. The Labute approximate surface area is 376 Å². The number of carbonyl (C=O) groups excluding carboxylic acids is 3. The molecule has 1 fully saturated rings. The van der Waals surface area contributed by atoms with Gasteiger partial charge in [0, 0.05) is 25.6 Å². The summed E-state index contributed by atoms with van der Waals surface area (Å²) in [6, 6.07) is -0.621. The molecule has 7 heteroatoms. The van der Waals surface area contributed by atoms with Crippen molar-refractivity contribution in [2.75, 3.05) is 32.8 Å². The fourth-order valence-corrected chi connectivity index (χ4v) is 8.13. The van der Waals surface area contributed by atoms with Crippen LogP contribution in [0.15, 0.2) is 48.6 Å². The molecule has 352 valence electrons. The summed E-state index contributed by atoms with van der Waals surface area (Å²) in [5, 5.41) is 2.98. The van der Waals surface area contributed by atoms with Crippen LogP contribution in [0.4, 0.5) is 0 Å². The predicted molar refractivity (Wildman–Crippen MR) is 260 cm³/mol. The van der Waals surface area contributed by atoms with Crippen molar-refractivity contribution >= 4 is 17.8 Å². The lowest BCUT2D eigenvalue weighted by molar-refractivity contribution is -0.146. The van der Waals surface area contributed by atoms with Gasteiger partial charge in [-0.2, -0.15) is 0 Å². The second kappa shape index (κ2) is 41.3. The second-order valence-corrected chi connectivity index (χ2v) is 18.3. The Bertz CT molecular complexity index is 1100. The number of esters is 2. The highest BCUT2D eigenvalue weighted by molar-refractivity contribution is 5.79. The number of likely N-dealkylation sites (tertiary alicyclic amines) is 1.